The zero-order chi connectivity index (χ0) is 16.1. The van der Waals surface area contributed by atoms with Gasteiger partial charge in [0, 0.05) is 12.3 Å². The highest BCUT2D eigenvalue weighted by atomic mass is 32.2. The van der Waals surface area contributed by atoms with Crippen molar-refractivity contribution in [1.82, 2.24) is 9.55 Å². The van der Waals surface area contributed by atoms with E-state index in [1.807, 2.05) is 0 Å². The van der Waals surface area contributed by atoms with Gasteiger partial charge in [-0.2, -0.15) is 0 Å². The molecule has 7 heteroatoms. The fourth-order valence-corrected chi connectivity index (χ4v) is 3.01. The van der Waals surface area contributed by atoms with Gasteiger partial charge in [0.05, 0.1) is 21.6 Å². The molecule has 0 saturated heterocycles. The van der Waals surface area contributed by atoms with Gasteiger partial charge < -0.3 is 0 Å². The van der Waals surface area contributed by atoms with Crippen LogP contribution in [0.1, 0.15) is 5.82 Å². The second kappa shape index (κ2) is 4.88. The molecule has 1 aromatic heterocycles. The van der Waals surface area contributed by atoms with Gasteiger partial charge >= 0.3 is 0 Å². The van der Waals surface area contributed by atoms with Crippen LogP contribution in [0.25, 0.3) is 16.7 Å². The van der Waals surface area contributed by atoms with Crippen molar-refractivity contribution < 1.29 is 17.2 Å². The van der Waals surface area contributed by atoms with E-state index >= 15 is 0 Å². The molecular formula is C15H12F2N2O2S. The molecule has 4 nitrogen and oxygen atoms in total. The molecule has 0 bridgehead atoms. The van der Waals surface area contributed by atoms with E-state index in [0.717, 1.165) is 12.3 Å². The van der Waals surface area contributed by atoms with Gasteiger partial charge in [0.2, 0.25) is 0 Å². The summed E-state index contributed by atoms with van der Waals surface area (Å²) in [7, 11) is -3.50. The number of hydrogen-bond acceptors (Lipinski definition) is 3. The Bertz CT molecular complexity index is 994. The standard InChI is InChI=1S/C15H12F2N2O2S/c1-9-18-13-5-3-10(16)7-15(13)19(9)14-6-4-11(8-12(14)17)22(2,20)21/h3-8H,1-2H3. The molecule has 2 aromatic carbocycles. The van der Waals surface area contributed by atoms with E-state index in [9.17, 15) is 17.2 Å². The van der Waals surface area contributed by atoms with Crippen LogP contribution in [0.4, 0.5) is 8.78 Å². The number of halogens is 2. The summed E-state index contributed by atoms with van der Waals surface area (Å²) in [6.45, 7) is 1.67. The Labute approximate surface area is 125 Å². The number of benzene rings is 2. The van der Waals surface area contributed by atoms with E-state index < -0.39 is 21.5 Å². The second-order valence-corrected chi connectivity index (χ2v) is 7.03. The third-order valence-corrected chi connectivity index (χ3v) is 4.48. The summed E-state index contributed by atoms with van der Waals surface area (Å²) in [4.78, 5) is 4.15. The minimum absolute atomic E-state index is 0.109. The number of imidazole rings is 1. The lowest BCUT2D eigenvalue weighted by molar-refractivity contribution is 0.593. The quantitative estimate of drug-likeness (QED) is 0.729. The molecule has 0 N–H and O–H groups in total. The normalized spacial score (nSPS) is 12.0. The van der Waals surface area contributed by atoms with Crippen molar-refractivity contribution in [2.75, 3.05) is 6.26 Å². The summed E-state index contributed by atoms with van der Waals surface area (Å²) >= 11 is 0. The molecule has 0 radical (unpaired) electrons. The molecule has 0 aliphatic rings. The molecule has 0 atom stereocenters. The highest BCUT2D eigenvalue weighted by Gasteiger charge is 2.16. The molecule has 3 rings (SSSR count). The molecule has 0 unspecified atom stereocenters. The molecular weight excluding hydrogens is 310 g/mol. The molecule has 0 amide bonds. The van der Waals surface area contributed by atoms with Gasteiger partial charge in [-0.25, -0.2) is 22.2 Å². The SMILES string of the molecule is Cc1nc2ccc(F)cc2n1-c1ccc(S(C)(=O)=O)cc1F. The second-order valence-electron chi connectivity index (χ2n) is 5.01. The first-order valence-electron chi connectivity index (χ1n) is 6.42. The van der Waals surface area contributed by atoms with Crippen molar-refractivity contribution in [3.8, 4) is 5.69 Å². The summed E-state index contributed by atoms with van der Waals surface area (Å²) < 4.78 is 52.2. The average molecular weight is 322 g/mol. The third kappa shape index (κ3) is 2.37. The molecule has 22 heavy (non-hydrogen) atoms. The Balaban J connectivity index is 2.28. The number of aryl methyl sites for hydroxylation is 1. The van der Waals surface area contributed by atoms with E-state index in [0.29, 0.717) is 16.9 Å². The fraction of sp³-hybridized carbons (Fsp3) is 0.133. The largest absolute Gasteiger partial charge is 0.293 e. The number of hydrogen-bond donors (Lipinski definition) is 0. The highest BCUT2D eigenvalue weighted by molar-refractivity contribution is 7.90. The Hall–Kier alpha value is -2.28. The van der Waals surface area contributed by atoms with Gasteiger partial charge in [-0.3, -0.25) is 4.57 Å². The molecule has 3 aromatic rings. The minimum atomic E-state index is -3.50. The van der Waals surface area contributed by atoms with Gasteiger partial charge in [-0.15, -0.1) is 0 Å². The maximum absolute atomic E-state index is 14.3. The molecule has 0 spiro atoms. The zero-order valence-electron chi connectivity index (χ0n) is 11.8. The van der Waals surface area contributed by atoms with Gasteiger partial charge in [0.15, 0.2) is 9.84 Å². The number of rotatable bonds is 2. The van der Waals surface area contributed by atoms with Crippen LogP contribution in [0, 0.1) is 18.6 Å². The van der Waals surface area contributed by atoms with Gasteiger partial charge in [-0.05, 0) is 37.3 Å². The van der Waals surface area contributed by atoms with Crippen molar-refractivity contribution in [1.29, 1.82) is 0 Å². The van der Waals surface area contributed by atoms with Gasteiger partial charge in [0.25, 0.3) is 0 Å². The summed E-state index contributed by atoms with van der Waals surface area (Å²) in [5.41, 5.74) is 1.08. The molecule has 0 fully saturated rings. The predicted molar refractivity (Wildman–Crippen MR) is 78.8 cm³/mol. The maximum Gasteiger partial charge on any atom is 0.175 e. The lowest BCUT2D eigenvalue weighted by Crippen LogP contribution is -2.03. The van der Waals surface area contributed by atoms with E-state index in [2.05, 4.69) is 4.98 Å². The monoisotopic (exact) mass is 322 g/mol. The van der Waals surface area contributed by atoms with Crippen LogP contribution < -0.4 is 0 Å². The Morgan fingerprint density at radius 1 is 1.09 bits per heavy atom. The van der Waals surface area contributed by atoms with Crippen molar-refractivity contribution in [3.05, 3.63) is 53.9 Å². The third-order valence-electron chi connectivity index (χ3n) is 3.37. The fourth-order valence-electron chi connectivity index (χ4n) is 2.37. The molecule has 0 saturated carbocycles. The highest BCUT2D eigenvalue weighted by Crippen LogP contribution is 2.25. The summed E-state index contributed by atoms with van der Waals surface area (Å²) in [6.07, 6.45) is 1.01. The summed E-state index contributed by atoms with van der Waals surface area (Å²) in [5, 5.41) is 0. The maximum atomic E-state index is 14.3. The lowest BCUT2D eigenvalue weighted by Gasteiger charge is -2.09. The van der Waals surface area contributed by atoms with E-state index in [1.165, 1.54) is 34.9 Å². The van der Waals surface area contributed by atoms with Crippen molar-refractivity contribution in [3.63, 3.8) is 0 Å². The smallest absolute Gasteiger partial charge is 0.175 e. The van der Waals surface area contributed by atoms with Crippen molar-refractivity contribution in [2.45, 2.75) is 11.8 Å². The molecule has 0 aliphatic heterocycles. The number of nitrogens with zero attached hydrogens (tertiary/aromatic N) is 2. The molecule has 114 valence electrons. The first-order valence-corrected chi connectivity index (χ1v) is 8.31. The van der Waals surface area contributed by atoms with Crippen LogP contribution in [0.5, 0.6) is 0 Å². The summed E-state index contributed by atoms with van der Waals surface area (Å²) in [6, 6.07) is 7.68. The van der Waals surface area contributed by atoms with Gasteiger partial charge in [-0.1, -0.05) is 0 Å². The predicted octanol–water partition coefficient (Wildman–Crippen LogP) is 3.02. The summed E-state index contributed by atoms with van der Waals surface area (Å²) in [5.74, 6) is -0.692. The van der Waals surface area contributed by atoms with Crippen molar-refractivity contribution >= 4 is 20.9 Å². The van der Waals surface area contributed by atoms with Crippen LogP contribution in [0.15, 0.2) is 41.3 Å². The first kappa shape index (κ1) is 14.6. The first-order chi connectivity index (χ1) is 10.3. The number of aromatic nitrogens is 2. The van der Waals surface area contributed by atoms with Crippen molar-refractivity contribution in [2.24, 2.45) is 0 Å². The molecule has 1 heterocycles. The van der Waals surface area contributed by atoms with Crippen LogP contribution in [0.3, 0.4) is 0 Å². The topological polar surface area (TPSA) is 52.0 Å². The lowest BCUT2D eigenvalue weighted by atomic mass is 10.2. The Morgan fingerprint density at radius 3 is 2.45 bits per heavy atom. The number of sulfone groups is 1. The Morgan fingerprint density at radius 2 is 1.82 bits per heavy atom. The van der Waals surface area contributed by atoms with E-state index in [4.69, 9.17) is 0 Å². The number of fused-ring (bicyclic) bond motifs is 1. The zero-order valence-corrected chi connectivity index (χ0v) is 12.7. The van der Waals surface area contributed by atoms with E-state index in [1.54, 1.807) is 6.92 Å². The van der Waals surface area contributed by atoms with Gasteiger partial charge in [0.1, 0.15) is 17.5 Å². The molecule has 0 aliphatic carbocycles. The van der Waals surface area contributed by atoms with Crippen LogP contribution in [-0.2, 0) is 9.84 Å². The van der Waals surface area contributed by atoms with E-state index in [-0.39, 0.29) is 10.6 Å². The minimum Gasteiger partial charge on any atom is -0.293 e. The average Bonchev–Trinajstić information content (AvgIpc) is 2.73. The Kier molecular flexibility index (Phi) is 3.25. The van der Waals surface area contributed by atoms with Crippen LogP contribution in [-0.4, -0.2) is 24.2 Å². The van der Waals surface area contributed by atoms with Crippen LogP contribution in [0.2, 0.25) is 0 Å². The van der Waals surface area contributed by atoms with Crippen LogP contribution >= 0.6 is 0 Å².